The van der Waals surface area contributed by atoms with Crippen molar-refractivity contribution >= 4 is 23.1 Å². The number of hydrogen-bond acceptors (Lipinski definition) is 7. The fourth-order valence-corrected chi connectivity index (χ4v) is 5.27. The highest BCUT2D eigenvalue weighted by Crippen LogP contribution is 2.44. The van der Waals surface area contributed by atoms with Gasteiger partial charge in [0.2, 0.25) is 5.88 Å². The zero-order valence-electron chi connectivity index (χ0n) is 23.6. The second kappa shape index (κ2) is 12.3. The van der Waals surface area contributed by atoms with Gasteiger partial charge in [-0.1, -0.05) is 61.0 Å². The third-order valence-corrected chi connectivity index (χ3v) is 7.62. The van der Waals surface area contributed by atoms with Gasteiger partial charge >= 0.3 is 5.69 Å². The van der Waals surface area contributed by atoms with E-state index in [1.165, 1.54) is 32.0 Å². The highest BCUT2D eigenvalue weighted by atomic mass is 35.5. The molecule has 0 bridgehead atoms. The molecule has 0 fully saturated rings. The van der Waals surface area contributed by atoms with E-state index in [4.69, 9.17) is 21.3 Å². The molecule has 1 amide bonds. The van der Waals surface area contributed by atoms with E-state index in [1.54, 1.807) is 19.1 Å². The Labute approximate surface area is 243 Å². The average molecular weight is 580 g/mol. The predicted octanol–water partition coefficient (Wildman–Crippen LogP) is 2.53. The van der Waals surface area contributed by atoms with Crippen molar-refractivity contribution in [2.45, 2.75) is 32.0 Å². The second-order valence-corrected chi connectivity index (χ2v) is 10.6. The Bertz CT molecular complexity index is 1640. The number of allylic oxidation sites excluding steroid dienone is 2. The number of aliphatic hydroxyl groups excluding tert-OH is 1. The maximum atomic E-state index is 13.8. The molecule has 3 atom stereocenters. The van der Waals surface area contributed by atoms with Crippen LogP contribution in [0.1, 0.15) is 41.0 Å². The summed E-state index contributed by atoms with van der Waals surface area (Å²) in [5.74, 6) is -0.715. The third-order valence-electron chi connectivity index (χ3n) is 7.29. The predicted molar refractivity (Wildman–Crippen MR) is 158 cm³/mol. The zero-order valence-corrected chi connectivity index (χ0v) is 24.4. The van der Waals surface area contributed by atoms with Gasteiger partial charge in [0.25, 0.3) is 11.5 Å². The lowest BCUT2D eigenvalue weighted by molar-refractivity contribution is 0.0896. The van der Waals surface area contributed by atoms with Crippen LogP contribution < -0.4 is 26.6 Å². The Morgan fingerprint density at radius 1 is 1.22 bits per heavy atom. The van der Waals surface area contributed by atoms with Crippen LogP contribution in [0.4, 0.5) is 0 Å². The van der Waals surface area contributed by atoms with Crippen molar-refractivity contribution in [3.8, 4) is 5.88 Å². The van der Waals surface area contributed by atoms with Crippen LogP contribution in [0.3, 0.4) is 0 Å². The van der Waals surface area contributed by atoms with Crippen molar-refractivity contribution in [2.24, 2.45) is 20.0 Å². The first kappa shape index (κ1) is 30.0. The molecule has 1 aromatic carbocycles. The number of nitrogens with zero attached hydrogens (tertiary/aromatic N) is 3. The summed E-state index contributed by atoms with van der Waals surface area (Å²) in [5.41, 5.74) is 0.240. The van der Waals surface area contributed by atoms with Crippen molar-refractivity contribution in [1.82, 2.24) is 24.8 Å². The number of aliphatic hydroxyl groups is 1. The second-order valence-electron chi connectivity index (χ2n) is 10.2. The lowest BCUT2D eigenvalue weighted by Crippen LogP contribution is -2.52. The molecule has 0 aliphatic heterocycles. The lowest BCUT2D eigenvalue weighted by Gasteiger charge is -2.40. The summed E-state index contributed by atoms with van der Waals surface area (Å²) in [6.07, 6.45) is 6.31. The molecule has 0 radical (unpaired) electrons. The Hall–Kier alpha value is -3.99. The van der Waals surface area contributed by atoms with E-state index < -0.39 is 34.7 Å². The number of carbonyl (C=O) groups is 1. The highest BCUT2D eigenvalue weighted by Gasteiger charge is 2.43. The van der Waals surface area contributed by atoms with E-state index in [1.807, 2.05) is 49.4 Å². The van der Waals surface area contributed by atoms with Crippen LogP contribution in [0.5, 0.6) is 5.88 Å². The first-order valence-corrected chi connectivity index (χ1v) is 13.5. The molecule has 0 spiro atoms. The first-order chi connectivity index (χ1) is 19.5. The number of pyridine rings is 1. The van der Waals surface area contributed by atoms with E-state index >= 15 is 0 Å². The molecule has 3 aromatic rings. The molecule has 0 saturated carbocycles. The average Bonchev–Trinajstić information content (AvgIpc) is 2.95. The number of halogens is 1. The molecule has 1 aliphatic carbocycles. The van der Waals surface area contributed by atoms with Crippen LogP contribution in [0.2, 0.25) is 5.02 Å². The molecule has 2 unspecified atom stereocenters. The van der Waals surface area contributed by atoms with Crippen molar-refractivity contribution in [3.63, 3.8) is 0 Å². The van der Waals surface area contributed by atoms with Crippen LogP contribution in [0, 0.1) is 5.92 Å². The largest absolute Gasteiger partial charge is 0.481 e. The summed E-state index contributed by atoms with van der Waals surface area (Å²) < 4.78 is 7.71. The summed E-state index contributed by atoms with van der Waals surface area (Å²) in [6.45, 7) is 4.44. The van der Waals surface area contributed by atoms with Gasteiger partial charge < -0.3 is 25.0 Å². The monoisotopic (exact) mass is 579 g/mol. The van der Waals surface area contributed by atoms with Gasteiger partial charge in [-0.3, -0.25) is 14.2 Å². The van der Waals surface area contributed by atoms with E-state index in [-0.39, 0.29) is 5.56 Å². The van der Waals surface area contributed by atoms with Crippen LogP contribution >= 0.6 is 11.6 Å². The minimum absolute atomic E-state index is 0.186. The number of hydrogen-bond donors (Lipinski definition) is 3. The standard InChI is InChI=1S/C30H34ClN5O5/c1-18(37)15-32-16-20-12-13-25(33-27(20)41-5)30(34-26(38)23-17-35(3)29(40)36(4)28(23)39)14-8-10-21(19(30)2)22-9-6-7-11-24(22)31/h6-14,17-19,32,37H,15-16H2,1-5H3,(H,34,38)/t18?,19-,30?/m0/s1. The number of amides is 1. The van der Waals surface area contributed by atoms with Gasteiger partial charge in [0.05, 0.1) is 18.9 Å². The minimum atomic E-state index is -1.22. The number of aromatic nitrogens is 3. The van der Waals surface area contributed by atoms with Gasteiger partial charge in [-0.15, -0.1) is 0 Å². The summed E-state index contributed by atoms with van der Waals surface area (Å²) in [4.78, 5) is 43.8. The molecular formula is C30H34ClN5O5. The van der Waals surface area contributed by atoms with Gasteiger partial charge in [-0.25, -0.2) is 9.78 Å². The maximum Gasteiger partial charge on any atom is 0.330 e. The number of carbonyl (C=O) groups excluding carboxylic acids is 1. The molecule has 2 aromatic heterocycles. The van der Waals surface area contributed by atoms with Gasteiger partial charge in [0, 0.05) is 49.9 Å². The van der Waals surface area contributed by atoms with Crippen LogP contribution in [0.25, 0.3) is 5.57 Å². The summed E-state index contributed by atoms with van der Waals surface area (Å²) in [7, 11) is 4.32. The summed E-state index contributed by atoms with van der Waals surface area (Å²) >= 11 is 6.58. The molecule has 216 valence electrons. The molecule has 10 nitrogen and oxygen atoms in total. The summed E-state index contributed by atoms with van der Waals surface area (Å²) in [6, 6.07) is 11.1. The Morgan fingerprint density at radius 2 is 1.95 bits per heavy atom. The molecule has 41 heavy (non-hydrogen) atoms. The topological polar surface area (TPSA) is 127 Å². The number of benzene rings is 1. The Kier molecular flexibility index (Phi) is 8.96. The molecule has 4 rings (SSSR count). The van der Waals surface area contributed by atoms with E-state index in [0.29, 0.717) is 29.7 Å². The number of nitrogens with one attached hydrogen (secondary N) is 2. The van der Waals surface area contributed by atoms with Crippen LogP contribution in [-0.2, 0) is 26.2 Å². The number of methoxy groups -OCH3 is 1. The summed E-state index contributed by atoms with van der Waals surface area (Å²) in [5, 5.41) is 16.4. The zero-order chi connectivity index (χ0) is 29.9. The van der Waals surface area contributed by atoms with E-state index in [2.05, 4.69) is 10.6 Å². The Morgan fingerprint density at radius 3 is 2.63 bits per heavy atom. The SMILES string of the molecule is COc1nc(C2(NC(=O)c3cn(C)c(=O)n(C)c3=O)C=CC=C(c3ccccc3Cl)[C@@H]2C)ccc1CNCC(C)O. The maximum absolute atomic E-state index is 13.8. The molecule has 2 heterocycles. The van der Waals surface area contributed by atoms with Gasteiger partial charge in [-0.05, 0) is 30.2 Å². The molecule has 3 N–H and O–H groups in total. The molecule has 0 saturated heterocycles. The van der Waals surface area contributed by atoms with E-state index in [0.717, 1.165) is 21.3 Å². The fraction of sp³-hybridized carbons (Fsp3) is 0.333. The van der Waals surface area contributed by atoms with Crippen LogP contribution in [-0.4, -0.2) is 44.9 Å². The van der Waals surface area contributed by atoms with Gasteiger partial charge in [-0.2, -0.15) is 0 Å². The molecular weight excluding hydrogens is 546 g/mol. The lowest BCUT2D eigenvalue weighted by atomic mass is 9.72. The Balaban J connectivity index is 1.84. The minimum Gasteiger partial charge on any atom is -0.481 e. The first-order valence-electron chi connectivity index (χ1n) is 13.2. The van der Waals surface area contributed by atoms with E-state index in [9.17, 15) is 19.5 Å². The smallest absolute Gasteiger partial charge is 0.330 e. The third kappa shape index (κ3) is 5.90. The van der Waals surface area contributed by atoms with Gasteiger partial charge in [0.15, 0.2) is 0 Å². The highest BCUT2D eigenvalue weighted by molar-refractivity contribution is 6.32. The van der Waals surface area contributed by atoms with Crippen molar-refractivity contribution in [1.29, 1.82) is 0 Å². The van der Waals surface area contributed by atoms with Crippen LogP contribution in [0.15, 0.2) is 70.4 Å². The van der Waals surface area contributed by atoms with Gasteiger partial charge in [0.1, 0.15) is 11.1 Å². The quantitative estimate of drug-likeness (QED) is 0.355. The number of ether oxygens (including phenoxy) is 1. The number of aryl methyl sites for hydroxylation is 1. The fourth-order valence-electron chi connectivity index (χ4n) is 5.02. The number of rotatable bonds is 9. The van der Waals surface area contributed by atoms with Crippen molar-refractivity contribution < 1.29 is 14.6 Å². The molecule has 1 aliphatic rings. The van der Waals surface area contributed by atoms with Crippen molar-refractivity contribution in [3.05, 3.63) is 109 Å². The normalized spacial score (nSPS) is 19.0. The van der Waals surface area contributed by atoms with Crippen molar-refractivity contribution in [2.75, 3.05) is 13.7 Å². The molecule has 11 heteroatoms.